The summed E-state index contributed by atoms with van der Waals surface area (Å²) < 4.78 is 33.6. The zero-order valence-corrected chi connectivity index (χ0v) is 16.7. The minimum Gasteiger partial charge on any atom is -0.383 e. The molecule has 0 bridgehead atoms. The van der Waals surface area contributed by atoms with Gasteiger partial charge in [0.1, 0.15) is 0 Å². The maximum atomic E-state index is 12.7. The lowest BCUT2D eigenvalue weighted by Gasteiger charge is -2.27. The minimum atomic E-state index is -3.62. The van der Waals surface area contributed by atoms with Crippen molar-refractivity contribution in [1.29, 1.82) is 0 Å². The number of hydrogen-bond donors (Lipinski definition) is 2. The molecule has 29 heavy (non-hydrogen) atoms. The first-order valence-electron chi connectivity index (χ1n) is 9.71. The molecule has 2 N–H and O–H groups in total. The van der Waals surface area contributed by atoms with Gasteiger partial charge in [0.2, 0.25) is 0 Å². The number of nitrogens with zero attached hydrogens (tertiary/aromatic N) is 2. The third-order valence-electron chi connectivity index (χ3n) is 5.44. The standard InChI is InChI=1S/C21H22N4O3S/c26-29(27)19-6-2-1-4-15(19)17-14-18(22-8-9-25-10-12-28-13-11-25)16-5-3-7-23-20(16)21(17)24-29/h1-7,14,22,24H,8-13H2. The van der Waals surface area contributed by atoms with Crippen LogP contribution in [0.3, 0.4) is 0 Å². The highest BCUT2D eigenvalue weighted by Gasteiger charge is 2.29. The summed E-state index contributed by atoms with van der Waals surface area (Å²) in [6, 6.07) is 12.9. The van der Waals surface area contributed by atoms with Crippen LogP contribution in [-0.4, -0.2) is 57.7 Å². The van der Waals surface area contributed by atoms with Crippen molar-refractivity contribution in [1.82, 2.24) is 9.88 Å². The summed E-state index contributed by atoms with van der Waals surface area (Å²) in [7, 11) is -3.62. The number of fused-ring (bicyclic) bond motifs is 5. The van der Waals surface area contributed by atoms with Crippen LogP contribution >= 0.6 is 0 Å². The van der Waals surface area contributed by atoms with Crippen molar-refractivity contribution in [2.75, 3.05) is 49.4 Å². The molecule has 8 heteroatoms. The molecule has 0 unspecified atom stereocenters. The Morgan fingerprint density at radius 3 is 2.79 bits per heavy atom. The molecule has 0 radical (unpaired) electrons. The number of nitrogens with one attached hydrogen (secondary N) is 2. The lowest BCUT2D eigenvalue weighted by molar-refractivity contribution is 0.0398. The van der Waals surface area contributed by atoms with Gasteiger partial charge in [0.15, 0.2) is 0 Å². The van der Waals surface area contributed by atoms with Crippen molar-refractivity contribution in [2.45, 2.75) is 4.90 Å². The van der Waals surface area contributed by atoms with Crippen LogP contribution in [-0.2, 0) is 14.8 Å². The Kier molecular flexibility index (Phi) is 4.61. The van der Waals surface area contributed by atoms with Crippen LogP contribution in [0.1, 0.15) is 0 Å². The first-order valence-corrected chi connectivity index (χ1v) is 11.2. The molecule has 2 aliphatic heterocycles. The summed E-state index contributed by atoms with van der Waals surface area (Å²) in [5.41, 5.74) is 3.69. The summed E-state index contributed by atoms with van der Waals surface area (Å²) in [5, 5.41) is 4.44. The second-order valence-corrected chi connectivity index (χ2v) is 8.88. The number of ether oxygens (including phenoxy) is 1. The fourth-order valence-electron chi connectivity index (χ4n) is 3.99. The van der Waals surface area contributed by atoms with E-state index in [1.165, 1.54) is 0 Å². The van der Waals surface area contributed by atoms with Gasteiger partial charge in [-0.2, -0.15) is 0 Å². The maximum Gasteiger partial charge on any atom is 0.262 e. The Morgan fingerprint density at radius 1 is 1.10 bits per heavy atom. The lowest BCUT2D eigenvalue weighted by Crippen LogP contribution is -2.39. The topological polar surface area (TPSA) is 83.6 Å². The molecule has 7 nitrogen and oxygen atoms in total. The highest BCUT2D eigenvalue weighted by molar-refractivity contribution is 7.93. The monoisotopic (exact) mass is 410 g/mol. The van der Waals surface area contributed by atoms with Gasteiger partial charge in [-0.15, -0.1) is 0 Å². The van der Waals surface area contributed by atoms with E-state index in [0.29, 0.717) is 21.7 Å². The molecule has 1 saturated heterocycles. The van der Waals surface area contributed by atoms with Gasteiger partial charge in [-0.1, -0.05) is 18.2 Å². The summed E-state index contributed by atoms with van der Waals surface area (Å²) in [6.07, 6.45) is 1.69. The molecule has 150 valence electrons. The fraction of sp³-hybridized carbons (Fsp3) is 0.286. The molecule has 3 heterocycles. The molecule has 2 aromatic carbocycles. The molecule has 5 rings (SSSR count). The first-order chi connectivity index (χ1) is 14.1. The first kappa shape index (κ1) is 18.4. The maximum absolute atomic E-state index is 12.7. The average molecular weight is 410 g/mol. The van der Waals surface area contributed by atoms with E-state index in [0.717, 1.165) is 56.0 Å². The Bertz CT molecular complexity index is 1170. The van der Waals surface area contributed by atoms with Crippen LogP contribution in [0.15, 0.2) is 53.6 Å². The second kappa shape index (κ2) is 7.29. The number of anilines is 2. The highest BCUT2D eigenvalue weighted by atomic mass is 32.2. The van der Waals surface area contributed by atoms with E-state index in [9.17, 15) is 8.42 Å². The Balaban J connectivity index is 1.55. The van der Waals surface area contributed by atoms with Crippen molar-refractivity contribution >= 4 is 32.3 Å². The molecule has 0 saturated carbocycles. The molecule has 0 spiro atoms. The highest BCUT2D eigenvalue weighted by Crippen LogP contribution is 2.44. The Labute approximate surface area is 169 Å². The van der Waals surface area contributed by atoms with Crippen molar-refractivity contribution in [3.8, 4) is 11.1 Å². The summed E-state index contributed by atoms with van der Waals surface area (Å²) >= 11 is 0. The number of hydrogen-bond acceptors (Lipinski definition) is 6. The average Bonchev–Trinajstić information content (AvgIpc) is 2.75. The number of morpholine rings is 1. The van der Waals surface area contributed by atoms with Crippen LogP contribution in [0.4, 0.5) is 11.4 Å². The number of aromatic nitrogens is 1. The van der Waals surface area contributed by atoms with Crippen LogP contribution in [0.25, 0.3) is 22.0 Å². The SMILES string of the molecule is O=S1(=O)Nc2c(cc(NCCN3CCOCC3)c3cccnc23)-c2ccccc21. The molecular formula is C21H22N4O3S. The zero-order valence-electron chi connectivity index (χ0n) is 15.9. The van der Waals surface area contributed by atoms with Gasteiger partial charge >= 0.3 is 0 Å². The Hall–Kier alpha value is -2.68. The van der Waals surface area contributed by atoms with Crippen LogP contribution in [0, 0.1) is 0 Å². The van der Waals surface area contributed by atoms with E-state index in [2.05, 4.69) is 19.9 Å². The number of sulfonamides is 1. The van der Waals surface area contributed by atoms with E-state index in [4.69, 9.17) is 4.74 Å². The van der Waals surface area contributed by atoms with E-state index >= 15 is 0 Å². The van der Waals surface area contributed by atoms with Crippen molar-refractivity contribution in [3.05, 3.63) is 48.7 Å². The molecule has 0 amide bonds. The molecular weight excluding hydrogens is 388 g/mol. The van der Waals surface area contributed by atoms with Crippen LogP contribution < -0.4 is 10.0 Å². The summed E-state index contributed by atoms with van der Waals surface area (Å²) in [4.78, 5) is 7.17. The van der Waals surface area contributed by atoms with Gasteiger partial charge in [-0.3, -0.25) is 14.6 Å². The molecule has 1 fully saturated rings. The van der Waals surface area contributed by atoms with Gasteiger partial charge in [-0.25, -0.2) is 8.42 Å². The van der Waals surface area contributed by atoms with Gasteiger partial charge in [-0.05, 0) is 24.3 Å². The number of benzene rings is 2. The molecule has 0 aliphatic carbocycles. The van der Waals surface area contributed by atoms with E-state index in [-0.39, 0.29) is 0 Å². The lowest BCUT2D eigenvalue weighted by atomic mass is 9.99. The van der Waals surface area contributed by atoms with Crippen molar-refractivity contribution in [3.63, 3.8) is 0 Å². The number of pyridine rings is 1. The van der Waals surface area contributed by atoms with Crippen LogP contribution in [0.2, 0.25) is 0 Å². The normalized spacial score (nSPS) is 17.9. The van der Waals surface area contributed by atoms with E-state index < -0.39 is 10.0 Å². The second-order valence-electron chi connectivity index (χ2n) is 7.23. The van der Waals surface area contributed by atoms with Gasteiger partial charge in [0, 0.05) is 54.6 Å². The number of rotatable bonds is 4. The predicted molar refractivity (Wildman–Crippen MR) is 114 cm³/mol. The van der Waals surface area contributed by atoms with E-state index in [1.54, 1.807) is 18.3 Å². The third-order valence-corrected chi connectivity index (χ3v) is 6.85. The minimum absolute atomic E-state index is 0.294. The third kappa shape index (κ3) is 3.33. The quantitative estimate of drug-likeness (QED) is 0.688. The summed E-state index contributed by atoms with van der Waals surface area (Å²) in [6.45, 7) is 5.17. The molecule has 1 aromatic heterocycles. The van der Waals surface area contributed by atoms with Crippen LogP contribution in [0.5, 0.6) is 0 Å². The van der Waals surface area contributed by atoms with E-state index in [1.807, 2.05) is 30.3 Å². The molecule has 0 atom stereocenters. The van der Waals surface area contributed by atoms with Gasteiger partial charge in [0.05, 0.1) is 29.3 Å². The van der Waals surface area contributed by atoms with Gasteiger partial charge < -0.3 is 10.1 Å². The predicted octanol–water partition coefficient (Wildman–Crippen LogP) is 2.76. The van der Waals surface area contributed by atoms with Crippen molar-refractivity contribution in [2.24, 2.45) is 0 Å². The van der Waals surface area contributed by atoms with Gasteiger partial charge in [0.25, 0.3) is 10.0 Å². The molecule has 3 aromatic rings. The largest absolute Gasteiger partial charge is 0.383 e. The van der Waals surface area contributed by atoms with Crippen molar-refractivity contribution < 1.29 is 13.2 Å². The Morgan fingerprint density at radius 2 is 1.93 bits per heavy atom. The zero-order chi connectivity index (χ0) is 19.8. The summed E-state index contributed by atoms with van der Waals surface area (Å²) in [5.74, 6) is 0. The smallest absolute Gasteiger partial charge is 0.262 e. The fourth-order valence-corrected chi connectivity index (χ4v) is 5.30. The molecule has 2 aliphatic rings.